The van der Waals surface area contributed by atoms with E-state index in [0.717, 1.165) is 11.3 Å². The van der Waals surface area contributed by atoms with E-state index in [4.69, 9.17) is 18.9 Å². The first kappa shape index (κ1) is 22.9. The normalized spacial score (nSPS) is 10.2. The number of esters is 1. The van der Waals surface area contributed by atoms with E-state index in [9.17, 15) is 14.4 Å². The van der Waals surface area contributed by atoms with Gasteiger partial charge in [-0.3, -0.25) is 19.7 Å². The number of carbonyl (C=O) groups is 3. The fourth-order valence-corrected chi connectivity index (χ4v) is 3.36. The summed E-state index contributed by atoms with van der Waals surface area (Å²) >= 11 is 1.03. The van der Waals surface area contributed by atoms with Crippen molar-refractivity contribution in [3.63, 3.8) is 0 Å². The third-order valence-electron chi connectivity index (χ3n) is 3.84. The summed E-state index contributed by atoms with van der Waals surface area (Å²) < 4.78 is 20.5. The second kappa shape index (κ2) is 10.4. The minimum absolute atomic E-state index is 0.0731. The van der Waals surface area contributed by atoms with Gasteiger partial charge < -0.3 is 24.3 Å². The zero-order valence-electron chi connectivity index (χ0n) is 17.3. The summed E-state index contributed by atoms with van der Waals surface area (Å²) in [7, 11) is 4.38. The van der Waals surface area contributed by atoms with E-state index in [1.807, 2.05) is 0 Å². The summed E-state index contributed by atoms with van der Waals surface area (Å²) in [5.74, 6) is -0.199. The third-order valence-corrected chi connectivity index (χ3v) is 4.91. The first-order valence-electron chi connectivity index (χ1n) is 8.81. The van der Waals surface area contributed by atoms with Crippen molar-refractivity contribution in [3.8, 4) is 17.2 Å². The lowest BCUT2D eigenvalue weighted by Gasteiger charge is -2.13. The van der Waals surface area contributed by atoms with Crippen LogP contribution in [0.2, 0.25) is 0 Å². The van der Waals surface area contributed by atoms with Crippen LogP contribution in [-0.4, -0.2) is 57.2 Å². The van der Waals surface area contributed by atoms with E-state index in [0.29, 0.717) is 27.8 Å². The van der Waals surface area contributed by atoms with Gasteiger partial charge >= 0.3 is 5.97 Å². The van der Waals surface area contributed by atoms with Gasteiger partial charge in [-0.15, -0.1) is 0 Å². The van der Waals surface area contributed by atoms with Crippen molar-refractivity contribution in [3.05, 3.63) is 28.3 Å². The van der Waals surface area contributed by atoms with E-state index in [-0.39, 0.29) is 29.8 Å². The Bertz CT molecular complexity index is 917. The minimum Gasteiger partial charge on any atom is -0.493 e. The first-order chi connectivity index (χ1) is 14.3. The van der Waals surface area contributed by atoms with E-state index in [2.05, 4.69) is 15.6 Å². The molecule has 2 aromatic rings. The average Bonchev–Trinajstić information content (AvgIpc) is 3.09. The van der Waals surface area contributed by atoms with Crippen LogP contribution in [0.15, 0.2) is 12.1 Å². The van der Waals surface area contributed by atoms with Crippen LogP contribution in [0.25, 0.3) is 0 Å². The molecule has 11 heteroatoms. The molecule has 0 aliphatic rings. The summed E-state index contributed by atoms with van der Waals surface area (Å²) in [5, 5.41) is 5.56. The maximum Gasteiger partial charge on any atom is 0.302 e. The molecule has 0 unspecified atom stereocenters. The Morgan fingerprint density at radius 2 is 1.67 bits per heavy atom. The van der Waals surface area contributed by atoms with Gasteiger partial charge in [0.05, 0.1) is 33.6 Å². The molecule has 0 aliphatic carbocycles. The standard InChI is InChI=1S/C19H23N3O7S/c1-10-16(18(25)20-6-7-29-11(2)23)30-19(21-10)22-17(24)12-8-13(26-3)15(28-5)14(9-12)27-4/h8-9H,6-7H2,1-5H3,(H,20,25)(H,21,22,24). The number of hydrogen-bond donors (Lipinski definition) is 2. The number of nitrogens with zero attached hydrogens (tertiary/aromatic N) is 1. The van der Waals surface area contributed by atoms with Crippen LogP contribution in [0, 0.1) is 6.92 Å². The Morgan fingerprint density at radius 3 is 2.20 bits per heavy atom. The average molecular weight is 437 g/mol. The molecule has 0 aliphatic heterocycles. The molecule has 0 bridgehead atoms. The Kier molecular flexibility index (Phi) is 7.98. The molecule has 2 N–H and O–H groups in total. The van der Waals surface area contributed by atoms with E-state index >= 15 is 0 Å². The Morgan fingerprint density at radius 1 is 1.03 bits per heavy atom. The lowest BCUT2D eigenvalue weighted by Crippen LogP contribution is -2.27. The van der Waals surface area contributed by atoms with Gasteiger partial charge in [-0.25, -0.2) is 4.98 Å². The highest BCUT2D eigenvalue weighted by Crippen LogP contribution is 2.38. The highest BCUT2D eigenvalue weighted by molar-refractivity contribution is 7.17. The van der Waals surface area contributed by atoms with Crippen molar-refractivity contribution in [1.29, 1.82) is 0 Å². The molecule has 1 heterocycles. The lowest BCUT2D eigenvalue weighted by molar-refractivity contribution is -0.140. The number of benzene rings is 1. The number of methoxy groups -OCH3 is 3. The van der Waals surface area contributed by atoms with E-state index in [1.165, 1.54) is 40.4 Å². The fourth-order valence-electron chi connectivity index (χ4n) is 2.48. The number of carbonyl (C=O) groups excluding carboxylic acids is 3. The summed E-state index contributed by atoms with van der Waals surface area (Å²) in [5.41, 5.74) is 0.731. The molecule has 0 fully saturated rings. The molecule has 162 valence electrons. The van der Waals surface area contributed by atoms with Gasteiger partial charge in [-0.05, 0) is 19.1 Å². The number of amides is 2. The molecule has 0 saturated heterocycles. The van der Waals surface area contributed by atoms with Crippen LogP contribution in [-0.2, 0) is 9.53 Å². The summed E-state index contributed by atoms with van der Waals surface area (Å²) in [6, 6.07) is 3.03. The van der Waals surface area contributed by atoms with Gasteiger partial charge in [-0.1, -0.05) is 11.3 Å². The molecule has 0 radical (unpaired) electrons. The second-order valence-electron chi connectivity index (χ2n) is 5.90. The molecule has 1 aromatic heterocycles. The number of nitrogens with one attached hydrogen (secondary N) is 2. The van der Waals surface area contributed by atoms with Gasteiger partial charge in [-0.2, -0.15) is 0 Å². The minimum atomic E-state index is -0.454. The Hall–Kier alpha value is -3.34. The Balaban J connectivity index is 2.12. The highest BCUT2D eigenvalue weighted by atomic mass is 32.1. The van der Waals surface area contributed by atoms with Crippen molar-refractivity contribution in [1.82, 2.24) is 10.3 Å². The van der Waals surface area contributed by atoms with Crippen LogP contribution in [0.3, 0.4) is 0 Å². The van der Waals surface area contributed by atoms with Crippen molar-refractivity contribution < 1.29 is 33.3 Å². The van der Waals surface area contributed by atoms with Crippen molar-refractivity contribution in [2.45, 2.75) is 13.8 Å². The number of hydrogen-bond acceptors (Lipinski definition) is 9. The Labute approximate surface area is 177 Å². The molecule has 2 rings (SSSR count). The lowest BCUT2D eigenvalue weighted by atomic mass is 10.1. The van der Waals surface area contributed by atoms with Gasteiger partial charge in [0.1, 0.15) is 11.5 Å². The third kappa shape index (κ3) is 5.60. The molecule has 1 aromatic carbocycles. The molecule has 0 atom stereocenters. The fraction of sp³-hybridized carbons (Fsp3) is 0.368. The molecule has 0 saturated carbocycles. The number of thiazole rings is 1. The molecule has 2 amide bonds. The molecule has 30 heavy (non-hydrogen) atoms. The predicted molar refractivity (Wildman–Crippen MR) is 110 cm³/mol. The van der Waals surface area contributed by atoms with Gasteiger partial charge in [0.25, 0.3) is 11.8 Å². The second-order valence-corrected chi connectivity index (χ2v) is 6.90. The molecule has 10 nitrogen and oxygen atoms in total. The predicted octanol–water partition coefficient (Wildman–Crippen LogP) is 2.02. The quantitative estimate of drug-likeness (QED) is 0.451. The monoisotopic (exact) mass is 437 g/mol. The summed E-state index contributed by atoms with van der Waals surface area (Å²) in [4.78, 5) is 40.3. The smallest absolute Gasteiger partial charge is 0.302 e. The molecular weight excluding hydrogens is 414 g/mol. The first-order valence-corrected chi connectivity index (χ1v) is 9.62. The van der Waals surface area contributed by atoms with Crippen molar-refractivity contribution >= 4 is 34.3 Å². The number of aryl methyl sites for hydroxylation is 1. The van der Waals surface area contributed by atoms with E-state index < -0.39 is 11.9 Å². The summed E-state index contributed by atoms with van der Waals surface area (Å²) in [6.45, 7) is 3.19. The van der Waals surface area contributed by atoms with Gasteiger partial charge in [0.2, 0.25) is 5.75 Å². The number of anilines is 1. The topological polar surface area (TPSA) is 125 Å². The van der Waals surface area contributed by atoms with Crippen LogP contribution in [0.1, 0.15) is 32.6 Å². The number of rotatable bonds is 9. The molecular formula is C19H23N3O7S. The zero-order valence-corrected chi connectivity index (χ0v) is 18.1. The van der Waals surface area contributed by atoms with Gasteiger partial charge in [0.15, 0.2) is 16.6 Å². The maximum atomic E-state index is 12.7. The highest BCUT2D eigenvalue weighted by Gasteiger charge is 2.20. The maximum absolute atomic E-state index is 12.7. The number of aromatic nitrogens is 1. The van der Waals surface area contributed by atoms with E-state index in [1.54, 1.807) is 6.92 Å². The van der Waals surface area contributed by atoms with Crippen molar-refractivity contribution in [2.24, 2.45) is 0 Å². The van der Waals surface area contributed by atoms with Gasteiger partial charge in [0, 0.05) is 12.5 Å². The molecule has 0 spiro atoms. The van der Waals surface area contributed by atoms with Crippen LogP contribution in [0.5, 0.6) is 17.2 Å². The van der Waals surface area contributed by atoms with Crippen molar-refractivity contribution in [2.75, 3.05) is 39.8 Å². The van der Waals surface area contributed by atoms with Crippen LogP contribution in [0.4, 0.5) is 5.13 Å². The largest absolute Gasteiger partial charge is 0.493 e. The zero-order chi connectivity index (χ0) is 22.3. The summed E-state index contributed by atoms with van der Waals surface area (Å²) in [6.07, 6.45) is 0. The van der Waals surface area contributed by atoms with Crippen LogP contribution >= 0.6 is 11.3 Å². The SMILES string of the molecule is COc1cc(C(=O)Nc2nc(C)c(C(=O)NCCOC(C)=O)s2)cc(OC)c1OC. The van der Waals surface area contributed by atoms with Crippen LogP contribution < -0.4 is 24.8 Å². The number of ether oxygens (including phenoxy) is 4.